The molecule has 0 radical (unpaired) electrons. The van der Waals surface area contributed by atoms with Crippen LogP contribution in [0.4, 0.5) is 4.79 Å². The molecule has 0 unspecified atom stereocenters. The van der Waals surface area contributed by atoms with Gasteiger partial charge >= 0.3 is 6.03 Å². The summed E-state index contributed by atoms with van der Waals surface area (Å²) < 4.78 is 2.13. The van der Waals surface area contributed by atoms with E-state index < -0.39 is 17.8 Å². The van der Waals surface area contributed by atoms with Gasteiger partial charge in [0.25, 0.3) is 11.8 Å². The summed E-state index contributed by atoms with van der Waals surface area (Å²) in [4.78, 5) is 39.7. The molecule has 3 aromatic rings. The van der Waals surface area contributed by atoms with Crippen LogP contribution < -0.4 is 5.32 Å². The van der Waals surface area contributed by atoms with E-state index in [4.69, 9.17) is 0 Å². The Labute approximate surface area is 192 Å². The number of carbonyl (C=O) groups is 3. The summed E-state index contributed by atoms with van der Waals surface area (Å²) in [5.41, 5.74) is 4.20. The number of hydrogen-bond acceptors (Lipinski definition) is 3. The maximum absolute atomic E-state index is 13.3. The lowest BCUT2D eigenvalue weighted by atomic mass is 9.93. The first-order valence-corrected chi connectivity index (χ1v) is 11.6. The molecule has 33 heavy (non-hydrogen) atoms. The molecular formula is C27H27N3O3. The number of carbonyl (C=O) groups excluding carboxylic acids is 3. The number of imide groups is 2. The highest BCUT2D eigenvalue weighted by Gasteiger charge is 2.40. The summed E-state index contributed by atoms with van der Waals surface area (Å²) in [5.74, 6) is -1.13. The molecule has 2 heterocycles. The number of rotatable bonds is 4. The zero-order valence-electron chi connectivity index (χ0n) is 18.7. The third-order valence-corrected chi connectivity index (χ3v) is 6.63. The number of benzene rings is 2. The molecule has 1 aliphatic carbocycles. The number of aryl methyl sites for hydroxylation is 1. The smallest absolute Gasteiger partial charge is 0.331 e. The van der Waals surface area contributed by atoms with Crippen LogP contribution in [-0.2, 0) is 16.1 Å². The monoisotopic (exact) mass is 441 g/mol. The molecule has 2 aliphatic rings. The molecule has 1 aromatic heterocycles. The van der Waals surface area contributed by atoms with Gasteiger partial charge in [0.2, 0.25) is 0 Å². The van der Waals surface area contributed by atoms with Crippen molar-refractivity contribution >= 4 is 34.8 Å². The molecule has 0 spiro atoms. The first kappa shape index (κ1) is 21.2. The minimum atomic E-state index is -0.632. The van der Waals surface area contributed by atoms with Gasteiger partial charge in [0.05, 0.1) is 0 Å². The zero-order valence-corrected chi connectivity index (χ0v) is 18.7. The van der Waals surface area contributed by atoms with E-state index in [1.165, 1.54) is 16.0 Å². The Balaban J connectivity index is 1.53. The summed E-state index contributed by atoms with van der Waals surface area (Å²) in [6, 6.07) is 15.6. The fraction of sp³-hybridized carbons (Fsp3) is 0.296. The second-order valence-electron chi connectivity index (χ2n) is 9.00. The van der Waals surface area contributed by atoms with Gasteiger partial charge in [-0.25, -0.2) is 4.79 Å². The fourth-order valence-corrected chi connectivity index (χ4v) is 5.03. The van der Waals surface area contributed by atoms with Crippen LogP contribution in [0, 0.1) is 6.92 Å². The van der Waals surface area contributed by atoms with Gasteiger partial charge in [-0.05, 0) is 37.5 Å². The van der Waals surface area contributed by atoms with Crippen molar-refractivity contribution in [3.8, 4) is 0 Å². The maximum atomic E-state index is 13.3. The third-order valence-electron chi connectivity index (χ3n) is 6.63. The highest BCUT2D eigenvalue weighted by Crippen LogP contribution is 2.29. The molecule has 168 valence electrons. The first-order chi connectivity index (χ1) is 16.0. The normalized spacial score (nSPS) is 18.9. The number of hydrogen-bond donors (Lipinski definition) is 1. The van der Waals surface area contributed by atoms with Crippen LogP contribution in [0.5, 0.6) is 0 Å². The van der Waals surface area contributed by atoms with Crippen molar-refractivity contribution in [2.24, 2.45) is 0 Å². The molecule has 1 saturated carbocycles. The van der Waals surface area contributed by atoms with E-state index in [1.807, 2.05) is 36.5 Å². The Morgan fingerprint density at radius 1 is 1.00 bits per heavy atom. The molecule has 2 aromatic carbocycles. The molecule has 2 fully saturated rings. The number of barbiturate groups is 1. The predicted molar refractivity (Wildman–Crippen MR) is 127 cm³/mol. The maximum Gasteiger partial charge on any atom is 0.331 e. The SMILES string of the molecule is Cc1cccc(Cn2cc(C=C3C(=O)NC(=O)N(C4CCCCC4)C3=O)c3ccccc32)c1. The molecule has 0 atom stereocenters. The van der Waals surface area contributed by atoms with Crippen LogP contribution in [-0.4, -0.2) is 33.4 Å². The van der Waals surface area contributed by atoms with E-state index in [9.17, 15) is 14.4 Å². The van der Waals surface area contributed by atoms with Gasteiger partial charge in [-0.15, -0.1) is 0 Å². The van der Waals surface area contributed by atoms with Gasteiger partial charge in [-0.3, -0.25) is 19.8 Å². The minimum Gasteiger partial charge on any atom is -0.342 e. The second kappa shape index (κ2) is 8.70. The van der Waals surface area contributed by atoms with Crippen LogP contribution >= 0.6 is 0 Å². The van der Waals surface area contributed by atoms with Crippen LogP contribution in [0.3, 0.4) is 0 Å². The Bertz CT molecular complexity index is 1280. The summed E-state index contributed by atoms with van der Waals surface area (Å²) >= 11 is 0. The minimum absolute atomic E-state index is 0.0126. The van der Waals surface area contributed by atoms with Crippen LogP contribution in [0.1, 0.15) is 48.8 Å². The number of urea groups is 1. The number of nitrogens with one attached hydrogen (secondary N) is 1. The topological polar surface area (TPSA) is 71.4 Å². The lowest BCUT2D eigenvalue weighted by Crippen LogP contribution is -2.58. The van der Waals surface area contributed by atoms with Crippen LogP contribution in [0.2, 0.25) is 0 Å². The molecule has 0 bridgehead atoms. The van der Waals surface area contributed by atoms with Gasteiger partial charge in [0.15, 0.2) is 0 Å². The van der Waals surface area contributed by atoms with Gasteiger partial charge in [-0.2, -0.15) is 0 Å². The zero-order chi connectivity index (χ0) is 22.9. The highest BCUT2D eigenvalue weighted by atomic mass is 16.2. The van der Waals surface area contributed by atoms with E-state index >= 15 is 0 Å². The summed E-state index contributed by atoms with van der Waals surface area (Å²) in [5, 5.41) is 3.34. The van der Waals surface area contributed by atoms with Crippen molar-refractivity contribution in [2.75, 3.05) is 0 Å². The molecule has 6 heteroatoms. The van der Waals surface area contributed by atoms with Gasteiger partial charge < -0.3 is 4.57 Å². The Morgan fingerprint density at radius 3 is 2.58 bits per heavy atom. The van der Waals surface area contributed by atoms with Crippen molar-refractivity contribution < 1.29 is 14.4 Å². The Morgan fingerprint density at radius 2 is 1.79 bits per heavy atom. The average molecular weight is 442 g/mol. The predicted octanol–water partition coefficient (Wildman–Crippen LogP) is 4.79. The van der Waals surface area contributed by atoms with Crippen molar-refractivity contribution in [1.29, 1.82) is 0 Å². The second-order valence-corrected chi connectivity index (χ2v) is 9.00. The molecule has 1 N–H and O–H groups in total. The van der Waals surface area contributed by atoms with E-state index in [0.717, 1.165) is 48.6 Å². The quantitative estimate of drug-likeness (QED) is 0.467. The Kier molecular flexibility index (Phi) is 5.58. The molecule has 5 rings (SSSR count). The Hall–Kier alpha value is -3.67. The van der Waals surface area contributed by atoms with Gasteiger partial charge in [0, 0.05) is 35.2 Å². The first-order valence-electron chi connectivity index (χ1n) is 11.6. The number of aromatic nitrogens is 1. The van der Waals surface area contributed by atoms with Crippen LogP contribution in [0.15, 0.2) is 60.3 Å². The third kappa shape index (κ3) is 4.09. The number of amides is 4. The van der Waals surface area contributed by atoms with Crippen LogP contribution in [0.25, 0.3) is 17.0 Å². The van der Waals surface area contributed by atoms with E-state index in [-0.39, 0.29) is 11.6 Å². The molecule has 1 saturated heterocycles. The highest BCUT2D eigenvalue weighted by molar-refractivity contribution is 6.31. The van der Waals surface area contributed by atoms with Crippen molar-refractivity contribution in [3.63, 3.8) is 0 Å². The van der Waals surface area contributed by atoms with Gasteiger partial charge in [-0.1, -0.05) is 67.3 Å². The summed E-state index contributed by atoms with van der Waals surface area (Å²) in [6.45, 7) is 2.75. The number of para-hydroxylation sites is 1. The number of fused-ring (bicyclic) bond motifs is 1. The lowest BCUT2D eigenvalue weighted by molar-refractivity contribution is -0.132. The standard InChI is InChI=1S/C27H27N3O3/c1-18-8-7-9-19(14-18)16-29-17-20(22-12-5-6-13-24(22)29)15-23-25(31)28-27(33)30(26(23)32)21-10-3-2-4-11-21/h5-9,12-15,17,21H,2-4,10-11,16H2,1H3,(H,28,31,33). The molecule has 6 nitrogen and oxygen atoms in total. The van der Waals surface area contributed by atoms with Crippen molar-refractivity contribution in [2.45, 2.75) is 51.6 Å². The van der Waals surface area contributed by atoms with E-state index in [0.29, 0.717) is 6.54 Å². The average Bonchev–Trinajstić information content (AvgIpc) is 3.14. The molecule has 1 aliphatic heterocycles. The van der Waals surface area contributed by atoms with E-state index in [2.05, 4.69) is 35.0 Å². The molecule has 4 amide bonds. The molecular weight excluding hydrogens is 414 g/mol. The summed E-state index contributed by atoms with van der Waals surface area (Å²) in [6.07, 6.45) is 8.27. The van der Waals surface area contributed by atoms with Crippen molar-refractivity contribution in [1.82, 2.24) is 14.8 Å². The lowest BCUT2D eigenvalue weighted by Gasteiger charge is -2.35. The van der Waals surface area contributed by atoms with E-state index in [1.54, 1.807) is 6.08 Å². The van der Waals surface area contributed by atoms with Gasteiger partial charge in [0.1, 0.15) is 5.57 Å². The van der Waals surface area contributed by atoms with Crippen molar-refractivity contribution in [3.05, 3.63) is 77.0 Å². The number of nitrogens with zero attached hydrogens (tertiary/aromatic N) is 2. The summed E-state index contributed by atoms with van der Waals surface area (Å²) in [7, 11) is 0. The fourth-order valence-electron chi connectivity index (χ4n) is 5.03. The largest absolute Gasteiger partial charge is 0.342 e.